The van der Waals surface area contributed by atoms with Gasteiger partial charge in [-0.05, 0) is 55.2 Å². The zero-order valence-corrected chi connectivity index (χ0v) is 18.7. The summed E-state index contributed by atoms with van der Waals surface area (Å²) >= 11 is 7.86. The molecule has 29 heavy (non-hydrogen) atoms. The van der Waals surface area contributed by atoms with Gasteiger partial charge in [0, 0.05) is 37.7 Å². The number of hydrogen-bond donors (Lipinski definition) is 0. The Balaban J connectivity index is 1.32. The first-order valence-corrected chi connectivity index (χ1v) is 11.6. The van der Waals surface area contributed by atoms with Gasteiger partial charge in [-0.25, -0.2) is 4.98 Å². The number of anilines is 1. The third-order valence-corrected chi connectivity index (χ3v) is 6.84. The number of benzene rings is 2. The Morgan fingerprint density at radius 1 is 1.10 bits per heavy atom. The summed E-state index contributed by atoms with van der Waals surface area (Å²) in [4.78, 5) is 9.73. The fraction of sp³-hybridized carbons (Fsp3) is 0.435. The number of ether oxygens (including phenoxy) is 1. The smallest absolute Gasteiger partial charge is 0.186 e. The molecule has 0 unspecified atom stereocenters. The molecule has 4 rings (SSSR count). The van der Waals surface area contributed by atoms with Crippen molar-refractivity contribution < 1.29 is 4.74 Å². The summed E-state index contributed by atoms with van der Waals surface area (Å²) in [5.74, 6) is 1.02. The lowest BCUT2D eigenvalue weighted by molar-refractivity contribution is 0.217. The Labute approximate surface area is 182 Å². The minimum absolute atomic E-state index is 0.730. The van der Waals surface area contributed by atoms with Crippen LogP contribution in [0.1, 0.15) is 24.5 Å². The van der Waals surface area contributed by atoms with E-state index in [1.165, 1.54) is 11.1 Å². The van der Waals surface area contributed by atoms with Gasteiger partial charge in [0.05, 0.1) is 10.2 Å². The Hall–Kier alpha value is -1.82. The molecule has 1 saturated heterocycles. The van der Waals surface area contributed by atoms with Gasteiger partial charge in [0.25, 0.3) is 0 Å². The fourth-order valence-corrected chi connectivity index (χ4v) is 5.01. The van der Waals surface area contributed by atoms with Gasteiger partial charge in [0.1, 0.15) is 12.4 Å². The van der Waals surface area contributed by atoms with Gasteiger partial charge in [-0.1, -0.05) is 42.0 Å². The van der Waals surface area contributed by atoms with Crippen LogP contribution in [-0.2, 0) is 6.42 Å². The van der Waals surface area contributed by atoms with Gasteiger partial charge in [-0.2, -0.15) is 0 Å². The van der Waals surface area contributed by atoms with Crippen LogP contribution in [0.4, 0.5) is 5.13 Å². The monoisotopic (exact) mass is 429 g/mol. The molecule has 0 N–H and O–H groups in total. The van der Waals surface area contributed by atoms with E-state index in [1.807, 2.05) is 18.2 Å². The van der Waals surface area contributed by atoms with E-state index >= 15 is 0 Å². The number of nitrogens with zero attached hydrogens (tertiary/aromatic N) is 3. The van der Waals surface area contributed by atoms with Crippen LogP contribution in [0.5, 0.6) is 5.75 Å². The number of thiazole rings is 1. The predicted molar refractivity (Wildman–Crippen MR) is 124 cm³/mol. The number of aryl methyl sites for hydroxylation is 2. The van der Waals surface area contributed by atoms with Crippen molar-refractivity contribution in [2.24, 2.45) is 0 Å². The first-order valence-electron chi connectivity index (χ1n) is 10.4. The minimum Gasteiger partial charge on any atom is -0.492 e. The van der Waals surface area contributed by atoms with Crippen LogP contribution < -0.4 is 9.64 Å². The number of hydrogen-bond acceptors (Lipinski definition) is 5. The van der Waals surface area contributed by atoms with E-state index < -0.39 is 0 Å². The van der Waals surface area contributed by atoms with Gasteiger partial charge in [-0.15, -0.1) is 0 Å². The zero-order valence-electron chi connectivity index (χ0n) is 17.2. The lowest BCUT2D eigenvalue weighted by atomic mass is 10.1. The molecule has 1 fully saturated rings. The summed E-state index contributed by atoms with van der Waals surface area (Å²) in [6, 6.07) is 12.4. The van der Waals surface area contributed by atoms with E-state index in [-0.39, 0.29) is 0 Å². The molecule has 2 aromatic carbocycles. The van der Waals surface area contributed by atoms with Crippen LogP contribution in [-0.4, -0.2) is 49.2 Å². The van der Waals surface area contributed by atoms with Gasteiger partial charge in [0.15, 0.2) is 5.13 Å². The standard InChI is InChI=1S/C23H28ClN3OS/c1-3-18-6-5-17(2)21(15-18)28-14-13-26-9-4-10-27(12-11-26)23-25-20-8-7-19(24)16-22(20)29-23/h5-8,15-16H,3-4,9-14H2,1-2H3. The maximum atomic E-state index is 6.13. The Bertz CT molecular complexity index is 974. The molecule has 6 heteroatoms. The van der Waals surface area contributed by atoms with Crippen molar-refractivity contribution in [1.82, 2.24) is 9.88 Å². The number of halogens is 1. The van der Waals surface area contributed by atoms with Crippen molar-refractivity contribution in [2.45, 2.75) is 26.7 Å². The van der Waals surface area contributed by atoms with Gasteiger partial charge < -0.3 is 9.64 Å². The molecule has 1 aliphatic heterocycles. The molecule has 0 amide bonds. The highest BCUT2D eigenvalue weighted by Gasteiger charge is 2.18. The third-order valence-electron chi connectivity index (χ3n) is 5.52. The molecule has 154 valence electrons. The van der Waals surface area contributed by atoms with Crippen molar-refractivity contribution in [2.75, 3.05) is 44.2 Å². The van der Waals surface area contributed by atoms with Crippen LogP contribution in [0, 0.1) is 6.92 Å². The maximum Gasteiger partial charge on any atom is 0.186 e. The summed E-state index contributed by atoms with van der Waals surface area (Å²) in [5, 5.41) is 1.88. The van der Waals surface area contributed by atoms with Crippen LogP contribution >= 0.6 is 22.9 Å². The minimum atomic E-state index is 0.730. The third kappa shape index (κ3) is 5.03. The first kappa shape index (κ1) is 20.5. The van der Waals surface area contributed by atoms with Crippen molar-refractivity contribution >= 4 is 38.3 Å². The van der Waals surface area contributed by atoms with E-state index in [4.69, 9.17) is 21.3 Å². The fourth-order valence-electron chi connectivity index (χ4n) is 3.71. The molecular weight excluding hydrogens is 402 g/mol. The van der Waals surface area contributed by atoms with Crippen molar-refractivity contribution in [1.29, 1.82) is 0 Å². The summed E-state index contributed by atoms with van der Waals surface area (Å²) in [5.41, 5.74) is 3.57. The summed E-state index contributed by atoms with van der Waals surface area (Å²) in [6.45, 7) is 10.2. The van der Waals surface area contributed by atoms with E-state index in [1.54, 1.807) is 11.3 Å². The number of fused-ring (bicyclic) bond motifs is 1. The van der Waals surface area contributed by atoms with Crippen molar-refractivity contribution in [3.05, 3.63) is 52.5 Å². The Kier molecular flexibility index (Phi) is 6.58. The van der Waals surface area contributed by atoms with Gasteiger partial charge in [-0.3, -0.25) is 4.90 Å². The molecular formula is C23H28ClN3OS. The summed E-state index contributed by atoms with van der Waals surface area (Å²) < 4.78 is 7.27. The maximum absolute atomic E-state index is 6.13. The predicted octanol–water partition coefficient (Wildman–Crippen LogP) is 5.41. The average molecular weight is 430 g/mol. The van der Waals surface area contributed by atoms with Crippen LogP contribution in [0.3, 0.4) is 0 Å². The highest BCUT2D eigenvalue weighted by molar-refractivity contribution is 7.22. The molecule has 0 aliphatic carbocycles. The van der Waals surface area contributed by atoms with E-state index in [0.717, 1.165) is 78.3 Å². The van der Waals surface area contributed by atoms with E-state index in [2.05, 4.69) is 41.8 Å². The summed E-state index contributed by atoms with van der Waals surface area (Å²) in [7, 11) is 0. The second-order valence-corrected chi connectivity index (χ2v) is 9.04. The second kappa shape index (κ2) is 9.33. The normalized spacial score (nSPS) is 15.6. The molecule has 0 spiro atoms. The summed E-state index contributed by atoms with van der Waals surface area (Å²) in [6.07, 6.45) is 2.18. The first-order chi connectivity index (χ1) is 14.1. The topological polar surface area (TPSA) is 28.6 Å². The quantitative estimate of drug-likeness (QED) is 0.523. The lowest BCUT2D eigenvalue weighted by Crippen LogP contribution is -2.33. The van der Waals surface area contributed by atoms with Crippen LogP contribution in [0.25, 0.3) is 10.2 Å². The van der Waals surface area contributed by atoms with Crippen molar-refractivity contribution in [3.63, 3.8) is 0 Å². The molecule has 4 nitrogen and oxygen atoms in total. The molecule has 0 bridgehead atoms. The largest absolute Gasteiger partial charge is 0.492 e. The Morgan fingerprint density at radius 3 is 2.86 bits per heavy atom. The van der Waals surface area contributed by atoms with E-state index in [0.29, 0.717) is 0 Å². The molecule has 1 aromatic heterocycles. The SMILES string of the molecule is CCc1ccc(C)c(OCCN2CCCN(c3nc4ccc(Cl)cc4s3)CC2)c1. The zero-order chi connectivity index (χ0) is 20.2. The molecule has 1 aliphatic rings. The molecule has 0 saturated carbocycles. The molecule has 2 heterocycles. The van der Waals surface area contributed by atoms with Crippen LogP contribution in [0.2, 0.25) is 5.02 Å². The van der Waals surface area contributed by atoms with Gasteiger partial charge in [0.2, 0.25) is 0 Å². The van der Waals surface area contributed by atoms with Crippen LogP contribution in [0.15, 0.2) is 36.4 Å². The Morgan fingerprint density at radius 2 is 2.00 bits per heavy atom. The molecule has 0 atom stereocenters. The highest BCUT2D eigenvalue weighted by atomic mass is 35.5. The lowest BCUT2D eigenvalue weighted by Gasteiger charge is -2.21. The highest BCUT2D eigenvalue weighted by Crippen LogP contribution is 2.31. The molecule has 3 aromatic rings. The number of rotatable bonds is 6. The average Bonchev–Trinajstić information content (AvgIpc) is 2.99. The number of aromatic nitrogens is 1. The van der Waals surface area contributed by atoms with Crippen molar-refractivity contribution in [3.8, 4) is 5.75 Å². The molecule has 0 radical (unpaired) electrons. The van der Waals surface area contributed by atoms with E-state index in [9.17, 15) is 0 Å². The second-order valence-electron chi connectivity index (χ2n) is 7.59. The van der Waals surface area contributed by atoms with Gasteiger partial charge >= 0.3 is 0 Å².